The van der Waals surface area contributed by atoms with E-state index in [0.717, 1.165) is 11.1 Å². The van der Waals surface area contributed by atoms with Gasteiger partial charge in [-0.1, -0.05) is 17.7 Å². The van der Waals surface area contributed by atoms with Crippen molar-refractivity contribution in [2.75, 3.05) is 6.54 Å². The highest BCUT2D eigenvalue weighted by atomic mass is 35.5. The number of ether oxygens (including phenoxy) is 1. The fourth-order valence-corrected chi connectivity index (χ4v) is 3.85. The molecule has 1 saturated heterocycles. The summed E-state index contributed by atoms with van der Waals surface area (Å²) in [5.41, 5.74) is 1.74. The average Bonchev–Trinajstić information content (AvgIpc) is 3.03. The van der Waals surface area contributed by atoms with Gasteiger partial charge in [0.2, 0.25) is 11.8 Å². The van der Waals surface area contributed by atoms with E-state index in [1.807, 2.05) is 30.9 Å². The van der Waals surface area contributed by atoms with Gasteiger partial charge >= 0.3 is 0 Å². The summed E-state index contributed by atoms with van der Waals surface area (Å²) in [6, 6.07) is 7.58. The molecule has 3 heterocycles. The second kappa shape index (κ2) is 7.36. The van der Waals surface area contributed by atoms with Gasteiger partial charge < -0.3 is 9.64 Å². The summed E-state index contributed by atoms with van der Waals surface area (Å²) < 4.78 is 18.8. The Morgan fingerprint density at radius 3 is 2.75 bits per heavy atom. The molecular formula is C21H19ClFN3O2. The van der Waals surface area contributed by atoms with Crippen LogP contribution in [0.2, 0.25) is 0 Å². The standard InChI is InChI=1S/C21H19ClFN3O2/c1-12-9-14(10-25-20(12)28-16-5-3-15(23)4-6-16)13(2)26-11-18-17(21(26)27)7-8-24-19(18)22/h3-10,13,17-18H,11H2,1-2H3. The molecule has 0 saturated carbocycles. The molecule has 5 nitrogen and oxygen atoms in total. The lowest BCUT2D eigenvalue weighted by Gasteiger charge is -2.25. The molecule has 3 atom stereocenters. The van der Waals surface area contributed by atoms with Crippen molar-refractivity contribution in [3.63, 3.8) is 0 Å². The van der Waals surface area contributed by atoms with Crippen molar-refractivity contribution >= 4 is 22.7 Å². The Kier molecular flexibility index (Phi) is 4.89. The summed E-state index contributed by atoms with van der Waals surface area (Å²) in [6.07, 6.45) is 5.12. The zero-order chi connectivity index (χ0) is 19.8. The molecule has 2 aromatic rings. The maximum absolute atomic E-state index is 13.0. The molecule has 1 fully saturated rings. The summed E-state index contributed by atoms with van der Waals surface area (Å²) in [6.45, 7) is 4.39. The number of pyridine rings is 1. The lowest BCUT2D eigenvalue weighted by Crippen LogP contribution is -2.30. The zero-order valence-corrected chi connectivity index (χ0v) is 16.2. The van der Waals surface area contributed by atoms with Crippen LogP contribution in [0.3, 0.4) is 0 Å². The number of halogens is 2. The molecule has 28 heavy (non-hydrogen) atoms. The second-order valence-electron chi connectivity index (χ2n) is 7.04. The van der Waals surface area contributed by atoms with E-state index in [1.54, 1.807) is 24.5 Å². The van der Waals surface area contributed by atoms with E-state index in [0.29, 0.717) is 23.3 Å². The minimum absolute atomic E-state index is 0.0473. The number of aromatic nitrogens is 1. The number of benzene rings is 1. The van der Waals surface area contributed by atoms with Gasteiger partial charge in [-0.05, 0) is 49.7 Å². The van der Waals surface area contributed by atoms with Gasteiger partial charge in [-0.25, -0.2) is 14.4 Å². The summed E-state index contributed by atoms with van der Waals surface area (Å²) in [5, 5.41) is 0.480. The molecule has 0 spiro atoms. The number of amides is 1. The van der Waals surface area contributed by atoms with Gasteiger partial charge in [-0.3, -0.25) is 4.79 Å². The van der Waals surface area contributed by atoms with Crippen molar-refractivity contribution < 1.29 is 13.9 Å². The highest BCUT2D eigenvalue weighted by molar-refractivity contribution is 6.66. The largest absolute Gasteiger partial charge is 0.439 e. The third-order valence-electron chi connectivity index (χ3n) is 5.22. The Labute approximate surface area is 167 Å². The SMILES string of the molecule is Cc1cc(C(C)N2CC3C(Cl)=NC=CC3C2=O)cnc1Oc1ccc(F)cc1. The van der Waals surface area contributed by atoms with E-state index in [-0.39, 0.29) is 29.6 Å². The van der Waals surface area contributed by atoms with Crippen LogP contribution in [0, 0.1) is 24.6 Å². The van der Waals surface area contributed by atoms with Crippen LogP contribution in [-0.2, 0) is 4.79 Å². The van der Waals surface area contributed by atoms with Crippen LogP contribution in [0.15, 0.2) is 53.8 Å². The normalized spacial score (nSPS) is 22.1. The highest BCUT2D eigenvalue weighted by Gasteiger charge is 2.44. The fraction of sp³-hybridized carbons (Fsp3) is 0.286. The molecule has 0 N–H and O–H groups in total. The fourth-order valence-electron chi connectivity index (χ4n) is 3.58. The van der Waals surface area contributed by atoms with Gasteiger partial charge in [0.25, 0.3) is 0 Å². The molecule has 1 aromatic heterocycles. The van der Waals surface area contributed by atoms with Crippen molar-refractivity contribution in [1.82, 2.24) is 9.88 Å². The third-order valence-corrected chi connectivity index (χ3v) is 5.60. The molecule has 0 aliphatic carbocycles. The molecule has 144 valence electrons. The molecule has 2 aliphatic heterocycles. The summed E-state index contributed by atoms with van der Waals surface area (Å²) in [7, 11) is 0. The van der Waals surface area contributed by atoms with Crippen molar-refractivity contribution in [3.05, 3.63) is 65.7 Å². The molecule has 7 heteroatoms. The van der Waals surface area contributed by atoms with Gasteiger partial charge in [-0.2, -0.15) is 0 Å². The van der Waals surface area contributed by atoms with E-state index in [2.05, 4.69) is 9.98 Å². The minimum Gasteiger partial charge on any atom is -0.439 e. The topological polar surface area (TPSA) is 54.8 Å². The van der Waals surface area contributed by atoms with E-state index in [9.17, 15) is 9.18 Å². The predicted molar refractivity (Wildman–Crippen MR) is 105 cm³/mol. The lowest BCUT2D eigenvalue weighted by atomic mass is 9.95. The molecular weight excluding hydrogens is 381 g/mol. The number of hydrogen-bond acceptors (Lipinski definition) is 4. The monoisotopic (exact) mass is 399 g/mol. The number of fused-ring (bicyclic) bond motifs is 1. The van der Waals surface area contributed by atoms with Crippen molar-refractivity contribution in [1.29, 1.82) is 0 Å². The lowest BCUT2D eigenvalue weighted by molar-refractivity contribution is -0.131. The minimum atomic E-state index is -0.322. The van der Waals surface area contributed by atoms with Gasteiger partial charge in [0.15, 0.2) is 0 Å². The second-order valence-corrected chi connectivity index (χ2v) is 7.43. The first-order valence-corrected chi connectivity index (χ1v) is 9.42. The number of carbonyl (C=O) groups is 1. The van der Waals surface area contributed by atoms with Crippen LogP contribution in [0.25, 0.3) is 0 Å². The molecule has 4 rings (SSSR count). The molecule has 2 aliphatic rings. The third kappa shape index (κ3) is 3.40. The Morgan fingerprint density at radius 1 is 1.32 bits per heavy atom. The average molecular weight is 400 g/mol. The van der Waals surface area contributed by atoms with E-state index < -0.39 is 0 Å². The summed E-state index contributed by atoms with van der Waals surface area (Å²) >= 11 is 6.20. The number of nitrogens with zero attached hydrogens (tertiary/aromatic N) is 3. The first-order chi connectivity index (χ1) is 13.4. The van der Waals surface area contributed by atoms with Crippen LogP contribution >= 0.6 is 11.6 Å². The van der Waals surface area contributed by atoms with Crippen molar-refractivity contribution in [3.8, 4) is 11.6 Å². The van der Waals surface area contributed by atoms with E-state index in [1.165, 1.54) is 12.1 Å². The number of rotatable bonds is 4. The number of carbonyl (C=O) groups excluding carboxylic acids is 1. The number of aryl methyl sites for hydroxylation is 1. The van der Waals surface area contributed by atoms with Gasteiger partial charge in [0, 0.05) is 30.4 Å². The quantitative estimate of drug-likeness (QED) is 0.753. The smallest absolute Gasteiger partial charge is 0.230 e. The van der Waals surface area contributed by atoms with Crippen LogP contribution in [0.5, 0.6) is 11.6 Å². The van der Waals surface area contributed by atoms with Gasteiger partial charge in [0.1, 0.15) is 16.7 Å². The van der Waals surface area contributed by atoms with E-state index in [4.69, 9.17) is 16.3 Å². The van der Waals surface area contributed by atoms with Crippen molar-refractivity contribution in [2.24, 2.45) is 16.8 Å². The first-order valence-electron chi connectivity index (χ1n) is 9.04. The Hall–Kier alpha value is -2.73. The van der Waals surface area contributed by atoms with Gasteiger partial charge in [-0.15, -0.1) is 0 Å². The van der Waals surface area contributed by atoms with Crippen LogP contribution in [-0.4, -0.2) is 27.5 Å². The Bertz CT molecular complexity index is 974. The first kappa shape index (κ1) is 18.6. The Balaban J connectivity index is 1.52. The maximum Gasteiger partial charge on any atom is 0.230 e. The molecule has 1 aromatic carbocycles. The number of aliphatic imine (C=N–C) groups is 1. The van der Waals surface area contributed by atoms with Crippen LogP contribution < -0.4 is 4.74 Å². The predicted octanol–water partition coefficient (Wildman–Crippen LogP) is 4.62. The van der Waals surface area contributed by atoms with Crippen LogP contribution in [0.1, 0.15) is 24.1 Å². The highest BCUT2D eigenvalue weighted by Crippen LogP contribution is 2.37. The molecule has 3 unspecified atom stereocenters. The maximum atomic E-state index is 13.0. The Morgan fingerprint density at radius 2 is 2.07 bits per heavy atom. The van der Waals surface area contributed by atoms with Gasteiger partial charge in [0.05, 0.1) is 12.0 Å². The van der Waals surface area contributed by atoms with Crippen molar-refractivity contribution in [2.45, 2.75) is 19.9 Å². The molecule has 0 bridgehead atoms. The number of likely N-dealkylation sites (tertiary alicyclic amines) is 1. The zero-order valence-electron chi connectivity index (χ0n) is 15.5. The molecule has 1 amide bonds. The van der Waals surface area contributed by atoms with Crippen LogP contribution in [0.4, 0.5) is 4.39 Å². The number of hydrogen-bond donors (Lipinski definition) is 0. The summed E-state index contributed by atoms with van der Waals surface area (Å²) in [5.74, 6) is 0.349. The van der Waals surface area contributed by atoms with E-state index >= 15 is 0 Å². The molecule has 0 radical (unpaired) electrons. The summed E-state index contributed by atoms with van der Waals surface area (Å²) in [4.78, 5) is 23.1.